The third kappa shape index (κ3) is 3.48. The number of alkyl halides is 2. The van der Waals surface area contributed by atoms with Gasteiger partial charge in [-0.15, -0.1) is 0 Å². The number of esters is 1. The van der Waals surface area contributed by atoms with E-state index in [9.17, 15) is 13.6 Å². The first kappa shape index (κ1) is 19.8. The first-order valence-electron chi connectivity index (χ1n) is 10.6. The van der Waals surface area contributed by atoms with Gasteiger partial charge in [-0.25, -0.2) is 4.79 Å². The lowest BCUT2D eigenvalue weighted by molar-refractivity contribution is -0.180. The Morgan fingerprint density at radius 3 is 2.11 bits per heavy atom. The summed E-state index contributed by atoms with van der Waals surface area (Å²) in [6, 6.07) is 9.07. The number of ether oxygens (including phenoxy) is 1. The molecule has 2 atom stereocenters. The molecular weight excluding hydrogens is 358 g/mol. The van der Waals surface area contributed by atoms with Crippen LogP contribution in [-0.4, -0.2) is 18.5 Å². The van der Waals surface area contributed by atoms with Crippen LogP contribution in [0.5, 0.6) is 0 Å². The van der Waals surface area contributed by atoms with Gasteiger partial charge >= 0.3 is 11.9 Å². The molecule has 2 unspecified atom stereocenters. The van der Waals surface area contributed by atoms with Gasteiger partial charge < -0.3 is 4.74 Å². The Morgan fingerprint density at radius 1 is 1.04 bits per heavy atom. The number of benzene rings is 1. The predicted octanol–water partition coefficient (Wildman–Crippen LogP) is 6.02. The average molecular weight is 391 g/mol. The van der Waals surface area contributed by atoms with Crippen molar-refractivity contribution in [2.24, 2.45) is 17.3 Å². The van der Waals surface area contributed by atoms with E-state index in [4.69, 9.17) is 4.74 Å². The average Bonchev–Trinajstić information content (AvgIpc) is 2.57. The SMILES string of the molecule is CC(F)(F)C(=O)OCC12CC3CC(C1)CC(c1ccc(C(C)(C)C)cc1)(C3)C2. The van der Waals surface area contributed by atoms with Crippen LogP contribution in [0.2, 0.25) is 0 Å². The van der Waals surface area contributed by atoms with Crippen LogP contribution in [0, 0.1) is 17.3 Å². The molecule has 4 fully saturated rings. The van der Waals surface area contributed by atoms with Gasteiger partial charge in [0.1, 0.15) is 0 Å². The van der Waals surface area contributed by atoms with Crippen LogP contribution < -0.4 is 0 Å². The van der Waals surface area contributed by atoms with Crippen molar-refractivity contribution in [2.45, 2.75) is 83.0 Å². The van der Waals surface area contributed by atoms with E-state index < -0.39 is 11.9 Å². The van der Waals surface area contributed by atoms with Gasteiger partial charge in [0.15, 0.2) is 0 Å². The first-order chi connectivity index (χ1) is 12.9. The van der Waals surface area contributed by atoms with Crippen molar-refractivity contribution in [3.63, 3.8) is 0 Å². The largest absolute Gasteiger partial charge is 0.461 e. The monoisotopic (exact) mass is 390 g/mol. The minimum absolute atomic E-state index is 0.113. The summed E-state index contributed by atoms with van der Waals surface area (Å²) in [7, 11) is 0. The third-order valence-electron chi connectivity index (χ3n) is 7.41. The highest BCUT2D eigenvalue weighted by atomic mass is 19.3. The summed E-state index contributed by atoms with van der Waals surface area (Å²) in [5.74, 6) is -3.57. The molecule has 4 heteroatoms. The molecule has 0 spiro atoms. The van der Waals surface area contributed by atoms with Gasteiger partial charge in [0.25, 0.3) is 0 Å². The van der Waals surface area contributed by atoms with Crippen LogP contribution in [0.15, 0.2) is 24.3 Å². The van der Waals surface area contributed by atoms with Crippen molar-refractivity contribution in [3.8, 4) is 0 Å². The van der Waals surface area contributed by atoms with Crippen LogP contribution in [-0.2, 0) is 20.4 Å². The maximum Gasteiger partial charge on any atom is 0.376 e. The van der Waals surface area contributed by atoms with E-state index in [0.717, 1.165) is 19.3 Å². The van der Waals surface area contributed by atoms with E-state index >= 15 is 0 Å². The van der Waals surface area contributed by atoms with Gasteiger partial charge in [-0.3, -0.25) is 0 Å². The fourth-order valence-corrected chi connectivity index (χ4v) is 6.63. The third-order valence-corrected chi connectivity index (χ3v) is 7.41. The van der Waals surface area contributed by atoms with Crippen LogP contribution in [0.4, 0.5) is 8.78 Å². The molecule has 1 aromatic carbocycles. The summed E-state index contributed by atoms with van der Waals surface area (Å²) in [6.45, 7) is 7.43. The Labute approximate surface area is 167 Å². The molecule has 4 aliphatic carbocycles. The van der Waals surface area contributed by atoms with E-state index in [0.29, 0.717) is 18.8 Å². The Hall–Kier alpha value is -1.45. The Kier molecular flexibility index (Phi) is 4.45. The summed E-state index contributed by atoms with van der Waals surface area (Å²) in [6.07, 6.45) is 6.56. The van der Waals surface area contributed by atoms with Gasteiger partial charge in [-0.1, -0.05) is 45.0 Å². The predicted molar refractivity (Wildman–Crippen MR) is 106 cm³/mol. The zero-order valence-corrected chi connectivity index (χ0v) is 17.5. The normalized spacial score (nSPS) is 34.5. The molecule has 2 nitrogen and oxygen atoms in total. The number of rotatable bonds is 4. The molecule has 0 aromatic heterocycles. The van der Waals surface area contributed by atoms with E-state index in [2.05, 4.69) is 45.0 Å². The van der Waals surface area contributed by atoms with Crippen molar-refractivity contribution < 1.29 is 18.3 Å². The van der Waals surface area contributed by atoms with E-state index in [1.807, 2.05) is 0 Å². The highest BCUT2D eigenvalue weighted by molar-refractivity contribution is 5.76. The number of hydrogen-bond acceptors (Lipinski definition) is 2. The molecule has 0 radical (unpaired) electrons. The topological polar surface area (TPSA) is 26.3 Å². The van der Waals surface area contributed by atoms with Gasteiger partial charge in [0.05, 0.1) is 6.61 Å². The summed E-state index contributed by atoms with van der Waals surface area (Å²) in [4.78, 5) is 11.7. The lowest BCUT2D eigenvalue weighted by atomic mass is 9.43. The fraction of sp³-hybridized carbons (Fsp3) is 0.708. The second-order valence-corrected chi connectivity index (χ2v) is 11.0. The molecule has 4 aliphatic rings. The van der Waals surface area contributed by atoms with Crippen molar-refractivity contribution >= 4 is 5.97 Å². The molecule has 0 heterocycles. The molecule has 28 heavy (non-hydrogen) atoms. The van der Waals surface area contributed by atoms with E-state index in [1.165, 1.54) is 30.4 Å². The second-order valence-electron chi connectivity index (χ2n) is 11.0. The highest BCUT2D eigenvalue weighted by Crippen LogP contribution is 2.65. The van der Waals surface area contributed by atoms with Gasteiger partial charge in [-0.2, -0.15) is 8.78 Å². The van der Waals surface area contributed by atoms with Crippen molar-refractivity contribution in [1.29, 1.82) is 0 Å². The smallest absolute Gasteiger partial charge is 0.376 e. The quantitative estimate of drug-likeness (QED) is 0.588. The Bertz CT molecular complexity index is 740. The number of carbonyl (C=O) groups excluding carboxylic acids is 1. The van der Waals surface area contributed by atoms with Crippen LogP contribution >= 0.6 is 0 Å². The molecule has 4 saturated carbocycles. The minimum Gasteiger partial charge on any atom is -0.461 e. The number of carbonyl (C=O) groups is 1. The molecule has 0 N–H and O–H groups in total. The number of halogens is 2. The standard InChI is InChI=1S/C24H32F2O2/c1-21(2,3)18-5-7-19(8-6-18)24-12-16-9-17(13-24)11-23(10-16,14-24)15-28-20(27)22(4,25)26/h5-8,16-17H,9-15H2,1-4H3. The number of hydrogen-bond donors (Lipinski definition) is 0. The first-order valence-corrected chi connectivity index (χ1v) is 10.6. The van der Waals surface area contributed by atoms with Crippen molar-refractivity contribution in [1.82, 2.24) is 0 Å². The molecular formula is C24H32F2O2. The summed E-state index contributed by atoms with van der Waals surface area (Å²) < 4.78 is 31.7. The molecule has 4 bridgehead atoms. The van der Waals surface area contributed by atoms with E-state index in [-0.39, 0.29) is 22.9 Å². The maximum absolute atomic E-state index is 13.3. The molecule has 0 amide bonds. The lowest BCUT2D eigenvalue weighted by Gasteiger charge is -2.62. The lowest BCUT2D eigenvalue weighted by Crippen LogP contribution is -2.55. The zero-order valence-electron chi connectivity index (χ0n) is 17.5. The maximum atomic E-state index is 13.3. The molecule has 1 aromatic rings. The molecule has 0 aliphatic heterocycles. The summed E-state index contributed by atoms with van der Waals surface area (Å²) >= 11 is 0. The van der Waals surface area contributed by atoms with E-state index in [1.54, 1.807) is 0 Å². The molecule has 154 valence electrons. The molecule has 0 saturated heterocycles. The summed E-state index contributed by atoms with van der Waals surface area (Å²) in [5.41, 5.74) is 2.82. The van der Waals surface area contributed by atoms with Crippen LogP contribution in [0.25, 0.3) is 0 Å². The van der Waals surface area contributed by atoms with Gasteiger partial charge in [0, 0.05) is 12.3 Å². The minimum atomic E-state index is -3.41. The highest BCUT2D eigenvalue weighted by Gasteiger charge is 2.58. The van der Waals surface area contributed by atoms with Gasteiger partial charge in [0.2, 0.25) is 0 Å². The zero-order chi connectivity index (χ0) is 20.4. The van der Waals surface area contributed by atoms with Crippen molar-refractivity contribution in [3.05, 3.63) is 35.4 Å². The van der Waals surface area contributed by atoms with Crippen molar-refractivity contribution in [2.75, 3.05) is 6.61 Å². The second kappa shape index (κ2) is 6.27. The van der Waals surface area contributed by atoms with Gasteiger partial charge in [-0.05, 0) is 72.3 Å². The fourth-order valence-electron chi connectivity index (χ4n) is 6.63. The van der Waals surface area contributed by atoms with Crippen LogP contribution in [0.1, 0.15) is 77.3 Å². The summed E-state index contributed by atoms with van der Waals surface area (Å²) in [5, 5.41) is 0. The van der Waals surface area contributed by atoms with Crippen LogP contribution in [0.3, 0.4) is 0 Å². The Morgan fingerprint density at radius 2 is 1.61 bits per heavy atom. The Balaban J connectivity index is 1.58. The molecule has 5 rings (SSSR count).